The summed E-state index contributed by atoms with van der Waals surface area (Å²) in [5, 5.41) is 0. The average Bonchev–Trinajstić information content (AvgIpc) is 2.55. The molecule has 0 bridgehead atoms. The van der Waals surface area contributed by atoms with E-state index in [1.165, 1.54) is 0 Å². The third kappa shape index (κ3) is 3.74. The lowest BCUT2D eigenvalue weighted by Gasteiger charge is -2.34. The summed E-state index contributed by atoms with van der Waals surface area (Å²) in [6, 6.07) is 3.66. The molecule has 5 nitrogen and oxygen atoms in total. The molecule has 1 amide bonds. The van der Waals surface area contributed by atoms with Crippen molar-refractivity contribution in [2.24, 2.45) is 0 Å². The first-order valence-corrected chi connectivity index (χ1v) is 7.57. The van der Waals surface area contributed by atoms with Gasteiger partial charge in [0.25, 0.3) is 5.91 Å². The third-order valence-corrected chi connectivity index (χ3v) is 3.81. The normalized spacial score (nSPS) is 15.4. The van der Waals surface area contributed by atoms with Gasteiger partial charge in [0, 0.05) is 45.5 Å². The molecule has 2 heterocycles. The van der Waals surface area contributed by atoms with Gasteiger partial charge in [-0.05, 0) is 19.2 Å². The van der Waals surface area contributed by atoms with Crippen molar-refractivity contribution < 1.29 is 4.79 Å². The molecule has 0 unspecified atom stereocenters. The number of hydrogen-bond donors (Lipinski definition) is 0. The second kappa shape index (κ2) is 7.75. The first-order valence-electron chi connectivity index (χ1n) is 7.57. The molecule has 1 aromatic rings. The van der Waals surface area contributed by atoms with E-state index in [1.54, 1.807) is 23.2 Å². The van der Waals surface area contributed by atoms with Gasteiger partial charge in [-0.25, -0.2) is 4.98 Å². The summed E-state index contributed by atoms with van der Waals surface area (Å²) in [5.41, 5.74) is 0.649. The smallest absolute Gasteiger partial charge is 0.258 e. The number of carbonyl (C=O) groups excluding carboxylic acids is 1. The van der Waals surface area contributed by atoms with Crippen LogP contribution >= 0.6 is 0 Å². The van der Waals surface area contributed by atoms with Crippen molar-refractivity contribution in [2.45, 2.75) is 0 Å². The Morgan fingerprint density at radius 2 is 1.91 bits per heavy atom. The van der Waals surface area contributed by atoms with Crippen LogP contribution in [-0.4, -0.2) is 67.0 Å². The number of likely N-dealkylation sites (N-methyl/N-ethyl adjacent to an activating group) is 1. The minimum Gasteiger partial charge on any atom is -0.353 e. The number of anilines is 1. The number of rotatable bonds is 6. The highest BCUT2D eigenvalue weighted by Gasteiger charge is 2.23. The summed E-state index contributed by atoms with van der Waals surface area (Å²) in [6.45, 7) is 12.2. The molecule has 1 saturated heterocycles. The fourth-order valence-electron chi connectivity index (χ4n) is 2.56. The number of pyridine rings is 1. The molecule has 1 aromatic heterocycles. The fourth-order valence-corrected chi connectivity index (χ4v) is 2.56. The maximum Gasteiger partial charge on any atom is 0.258 e. The molecule has 1 fully saturated rings. The minimum absolute atomic E-state index is 0.0261. The molecule has 0 aliphatic carbocycles. The molecular formula is C17H24N4O. The van der Waals surface area contributed by atoms with Crippen LogP contribution in [0.4, 0.5) is 5.82 Å². The van der Waals surface area contributed by atoms with Crippen molar-refractivity contribution in [1.29, 1.82) is 0 Å². The van der Waals surface area contributed by atoms with Crippen LogP contribution in [0, 0.1) is 0 Å². The van der Waals surface area contributed by atoms with E-state index in [4.69, 9.17) is 0 Å². The summed E-state index contributed by atoms with van der Waals surface area (Å²) in [5.74, 6) is 0.751. The molecule has 5 heteroatoms. The Morgan fingerprint density at radius 3 is 2.50 bits per heavy atom. The van der Waals surface area contributed by atoms with E-state index in [9.17, 15) is 4.79 Å². The van der Waals surface area contributed by atoms with Gasteiger partial charge in [-0.15, -0.1) is 13.2 Å². The lowest BCUT2D eigenvalue weighted by atomic mass is 10.2. The molecule has 22 heavy (non-hydrogen) atoms. The van der Waals surface area contributed by atoms with Crippen LogP contribution in [0.1, 0.15) is 10.4 Å². The van der Waals surface area contributed by atoms with E-state index < -0.39 is 0 Å². The zero-order valence-corrected chi connectivity index (χ0v) is 13.2. The summed E-state index contributed by atoms with van der Waals surface area (Å²) < 4.78 is 0. The summed E-state index contributed by atoms with van der Waals surface area (Å²) in [7, 11) is 2.11. The summed E-state index contributed by atoms with van der Waals surface area (Å²) in [6.07, 6.45) is 5.20. The SMILES string of the molecule is C=CCN(CC=C)C(=O)c1cccnc1N1CCN(C)CC1. The van der Waals surface area contributed by atoms with Gasteiger partial charge >= 0.3 is 0 Å². The van der Waals surface area contributed by atoms with Crippen molar-refractivity contribution >= 4 is 11.7 Å². The molecule has 0 aromatic carbocycles. The van der Waals surface area contributed by atoms with E-state index in [1.807, 2.05) is 12.1 Å². The monoisotopic (exact) mass is 300 g/mol. The number of carbonyl (C=O) groups is 1. The van der Waals surface area contributed by atoms with Crippen molar-refractivity contribution in [1.82, 2.24) is 14.8 Å². The Balaban J connectivity index is 2.24. The number of hydrogen-bond acceptors (Lipinski definition) is 4. The molecule has 0 atom stereocenters. The van der Waals surface area contributed by atoms with Crippen LogP contribution in [0.3, 0.4) is 0 Å². The Morgan fingerprint density at radius 1 is 1.27 bits per heavy atom. The topological polar surface area (TPSA) is 39.7 Å². The third-order valence-electron chi connectivity index (χ3n) is 3.81. The van der Waals surface area contributed by atoms with E-state index in [0.29, 0.717) is 18.7 Å². The Hall–Kier alpha value is -2.14. The standard InChI is InChI=1S/C17H24N4O/c1-4-9-21(10-5-2)17(22)15-7-6-8-18-16(15)20-13-11-19(3)12-14-20/h4-8H,1-2,9-14H2,3H3. The maximum atomic E-state index is 12.8. The van der Waals surface area contributed by atoms with Gasteiger partial charge in [0.05, 0.1) is 5.56 Å². The van der Waals surface area contributed by atoms with Crippen LogP contribution in [0.2, 0.25) is 0 Å². The van der Waals surface area contributed by atoms with Crippen LogP contribution < -0.4 is 4.90 Å². The zero-order chi connectivity index (χ0) is 15.9. The van der Waals surface area contributed by atoms with E-state index in [-0.39, 0.29) is 5.91 Å². The van der Waals surface area contributed by atoms with Gasteiger partial charge in [-0.3, -0.25) is 4.79 Å². The second-order valence-electron chi connectivity index (χ2n) is 5.45. The Kier molecular flexibility index (Phi) is 5.72. The van der Waals surface area contributed by atoms with Gasteiger partial charge in [0.1, 0.15) is 5.82 Å². The van der Waals surface area contributed by atoms with Gasteiger partial charge < -0.3 is 14.7 Å². The molecular weight excluding hydrogens is 276 g/mol. The van der Waals surface area contributed by atoms with E-state index >= 15 is 0 Å². The predicted molar refractivity (Wildman–Crippen MR) is 90.2 cm³/mol. The van der Waals surface area contributed by atoms with Gasteiger partial charge in [0.2, 0.25) is 0 Å². The van der Waals surface area contributed by atoms with Gasteiger partial charge in [0.15, 0.2) is 0 Å². The van der Waals surface area contributed by atoms with E-state index in [2.05, 4.69) is 35.0 Å². The lowest BCUT2D eigenvalue weighted by molar-refractivity contribution is 0.0791. The number of aromatic nitrogens is 1. The van der Waals surface area contributed by atoms with Crippen LogP contribution in [0.15, 0.2) is 43.6 Å². The maximum absolute atomic E-state index is 12.8. The Bertz CT molecular complexity index is 525. The van der Waals surface area contributed by atoms with Crippen molar-refractivity contribution in [3.05, 3.63) is 49.2 Å². The summed E-state index contributed by atoms with van der Waals surface area (Å²) >= 11 is 0. The predicted octanol–water partition coefficient (Wildman–Crippen LogP) is 1.65. The molecule has 1 aliphatic rings. The van der Waals surface area contributed by atoms with Crippen LogP contribution in [-0.2, 0) is 0 Å². The Labute approximate surface area is 132 Å². The molecule has 0 saturated carbocycles. The minimum atomic E-state index is -0.0261. The average molecular weight is 300 g/mol. The molecule has 0 N–H and O–H groups in total. The first kappa shape index (κ1) is 16.2. The fraction of sp³-hybridized carbons (Fsp3) is 0.412. The molecule has 118 valence electrons. The lowest BCUT2D eigenvalue weighted by Crippen LogP contribution is -2.45. The number of amides is 1. The van der Waals surface area contributed by atoms with Crippen LogP contribution in [0.5, 0.6) is 0 Å². The largest absolute Gasteiger partial charge is 0.353 e. The van der Waals surface area contributed by atoms with Crippen molar-refractivity contribution in [3.8, 4) is 0 Å². The highest BCUT2D eigenvalue weighted by Crippen LogP contribution is 2.20. The highest BCUT2D eigenvalue weighted by molar-refractivity contribution is 5.99. The van der Waals surface area contributed by atoms with Crippen molar-refractivity contribution in [2.75, 3.05) is 51.2 Å². The molecule has 0 spiro atoms. The second-order valence-corrected chi connectivity index (χ2v) is 5.45. The zero-order valence-electron chi connectivity index (χ0n) is 13.2. The number of nitrogens with zero attached hydrogens (tertiary/aromatic N) is 4. The molecule has 1 aliphatic heterocycles. The van der Waals surface area contributed by atoms with Crippen molar-refractivity contribution in [3.63, 3.8) is 0 Å². The molecule has 0 radical (unpaired) electrons. The van der Waals surface area contributed by atoms with Gasteiger partial charge in [-0.2, -0.15) is 0 Å². The van der Waals surface area contributed by atoms with E-state index in [0.717, 1.165) is 32.0 Å². The quantitative estimate of drug-likeness (QED) is 0.749. The molecule has 2 rings (SSSR count). The van der Waals surface area contributed by atoms with Gasteiger partial charge in [-0.1, -0.05) is 12.2 Å². The van der Waals surface area contributed by atoms with Crippen LogP contribution in [0.25, 0.3) is 0 Å². The first-order chi connectivity index (χ1) is 10.7. The number of piperazine rings is 1. The summed E-state index contributed by atoms with van der Waals surface area (Å²) in [4.78, 5) is 23.5. The highest BCUT2D eigenvalue weighted by atomic mass is 16.2.